The average Bonchev–Trinajstić information content (AvgIpc) is 3.24. The number of rotatable bonds is 10. The van der Waals surface area contributed by atoms with E-state index in [-0.39, 0.29) is 12.6 Å². The second kappa shape index (κ2) is 11.5. The Hall–Kier alpha value is -2.74. The maximum absolute atomic E-state index is 13.1. The van der Waals surface area contributed by atoms with Crippen molar-refractivity contribution in [3.8, 4) is 5.75 Å². The molecule has 1 fully saturated rings. The second-order valence-corrected chi connectivity index (χ2v) is 9.69. The van der Waals surface area contributed by atoms with Gasteiger partial charge in [0.2, 0.25) is 0 Å². The van der Waals surface area contributed by atoms with Crippen LogP contribution in [0.5, 0.6) is 5.75 Å². The maximum atomic E-state index is 13.1. The van der Waals surface area contributed by atoms with Crippen LogP contribution < -0.4 is 9.64 Å². The second-order valence-electron chi connectivity index (χ2n) is 9.69. The summed E-state index contributed by atoms with van der Waals surface area (Å²) in [7, 11) is 11.5. The van der Waals surface area contributed by atoms with Gasteiger partial charge in [0.25, 0.3) is 0 Å². The third-order valence-electron chi connectivity index (χ3n) is 6.86. The van der Waals surface area contributed by atoms with E-state index in [0.29, 0.717) is 38.5 Å². The van der Waals surface area contributed by atoms with Gasteiger partial charge in [0.15, 0.2) is 0 Å². The van der Waals surface area contributed by atoms with E-state index in [1.54, 1.807) is 11.8 Å². The predicted octanol–water partition coefficient (Wildman–Crippen LogP) is 2.05. The van der Waals surface area contributed by atoms with Crippen molar-refractivity contribution in [2.24, 2.45) is 0 Å². The van der Waals surface area contributed by atoms with Gasteiger partial charge in [0.1, 0.15) is 27.0 Å². The van der Waals surface area contributed by atoms with E-state index >= 15 is 0 Å². The van der Waals surface area contributed by atoms with E-state index < -0.39 is 11.5 Å². The van der Waals surface area contributed by atoms with E-state index in [1.807, 2.05) is 47.4 Å². The molecule has 1 saturated heterocycles. The summed E-state index contributed by atoms with van der Waals surface area (Å²) in [6.45, 7) is 5.10. The molecule has 0 spiro atoms. The van der Waals surface area contributed by atoms with E-state index in [4.69, 9.17) is 20.4 Å². The molecule has 1 atom stereocenters. The molecule has 0 saturated carbocycles. The molecule has 0 bridgehead atoms. The number of ether oxygens (including phenoxy) is 1. The van der Waals surface area contributed by atoms with Crippen LogP contribution in [-0.2, 0) is 13.0 Å². The first-order valence-corrected chi connectivity index (χ1v) is 12.4. The molecule has 2 aromatic carbocycles. The molecular weight excluding hydrogens is 452 g/mol. The number of amides is 2. The fourth-order valence-corrected chi connectivity index (χ4v) is 4.71. The number of anilines is 1. The smallest absolute Gasteiger partial charge is 0.324 e. The highest BCUT2D eigenvalue weighted by Gasteiger charge is 2.31. The predicted molar refractivity (Wildman–Crippen MR) is 143 cm³/mol. The fourth-order valence-electron chi connectivity index (χ4n) is 4.71. The van der Waals surface area contributed by atoms with Gasteiger partial charge in [-0.25, -0.2) is 4.79 Å². The number of carbonyl (C=O) groups is 1. The molecule has 4 rings (SSSR count). The third-order valence-corrected chi connectivity index (χ3v) is 6.86. The lowest BCUT2D eigenvalue weighted by Gasteiger charge is -2.34. The van der Waals surface area contributed by atoms with Crippen LogP contribution in [-0.4, -0.2) is 92.6 Å². The molecule has 2 N–H and O–H groups in total. The normalized spacial score (nSPS) is 18.4. The zero-order valence-corrected chi connectivity index (χ0v) is 20.8. The minimum Gasteiger partial charge on any atom is -0.509 e. The lowest BCUT2D eigenvalue weighted by Crippen LogP contribution is -2.40. The van der Waals surface area contributed by atoms with Crippen molar-refractivity contribution in [2.45, 2.75) is 37.8 Å². The Labute approximate surface area is 216 Å². The summed E-state index contributed by atoms with van der Waals surface area (Å²) in [5, 5.41) is 20.0. The number of aliphatic hydroxyl groups excluding tert-OH is 1. The lowest BCUT2D eigenvalue weighted by atomic mass is 9.82. The number of hydrogen-bond acceptors (Lipinski definition) is 5. The Bertz CT molecular complexity index is 1080. The fraction of sp³-hybridized carbons (Fsp3) is 0.444. The van der Waals surface area contributed by atoms with E-state index in [1.165, 1.54) is 5.56 Å². The topological polar surface area (TPSA) is 76.5 Å². The first kappa shape index (κ1) is 26.3. The number of carbonyl (C=O) groups excluding carboxylic acids is 1. The quantitative estimate of drug-likeness (QED) is 0.398. The summed E-state index contributed by atoms with van der Waals surface area (Å²) in [6, 6.07) is 15.8. The molecule has 2 aliphatic heterocycles. The van der Waals surface area contributed by atoms with Crippen LogP contribution in [0.1, 0.15) is 24.5 Å². The summed E-state index contributed by atoms with van der Waals surface area (Å²) >= 11 is 0. The van der Waals surface area contributed by atoms with E-state index in [2.05, 4.69) is 17.0 Å². The summed E-state index contributed by atoms with van der Waals surface area (Å²) in [5.41, 5.74) is 2.38. The maximum Gasteiger partial charge on any atom is 0.324 e. The first-order chi connectivity index (χ1) is 17.3. The van der Waals surface area contributed by atoms with E-state index in [9.17, 15) is 15.0 Å². The van der Waals surface area contributed by atoms with Crippen LogP contribution in [0.25, 0.3) is 0 Å². The number of hydrogen-bond donors (Lipinski definition) is 2. The molecule has 2 aliphatic rings. The Morgan fingerprint density at radius 3 is 2.61 bits per heavy atom. The van der Waals surface area contributed by atoms with Crippen molar-refractivity contribution in [1.29, 1.82) is 0 Å². The summed E-state index contributed by atoms with van der Waals surface area (Å²) in [4.78, 5) is 18.9. The van der Waals surface area contributed by atoms with E-state index in [0.717, 1.165) is 36.2 Å². The largest absolute Gasteiger partial charge is 0.509 e. The molecule has 2 heterocycles. The standard InChI is InChI=1S/C27H33B2N3O4/c1-27(35,19-33)22-8-5-12-30(18-22)17-21-9-10-23(16-24(21)36-25(28)29)32-15-14-31(26(32)34)13-11-20-6-3-2-4-7-20/h2-4,6-10,16,25,33,35H,5,11-15,17-19H2,1H3/t27-/m1/s1. The molecule has 4 radical (unpaired) electrons. The molecule has 2 amide bonds. The molecule has 2 aromatic rings. The van der Waals surface area contributed by atoms with Crippen molar-refractivity contribution < 1.29 is 19.7 Å². The van der Waals surface area contributed by atoms with Crippen molar-refractivity contribution in [3.63, 3.8) is 0 Å². The number of aliphatic hydroxyl groups is 2. The molecule has 0 aromatic heterocycles. The third kappa shape index (κ3) is 6.33. The monoisotopic (exact) mass is 485 g/mol. The molecule has 0 aliphatic carbocycles. The average molecular weight is 485 g/mol. The zero-order chi connectivity index (χ0) is 25.7. The Morgan fingerprint density at radius 1 is 1.11 bits per heavy atom. The van der Waals surface area contributed by atoms with Crippen LogP contribution in [0.3, 0.4) is 0 Å². The Balaban J connectivity index is 1.45. The van der Waals surface area contributed by atoms with Crippen molar-refractivity contribution in [1.82, 2.24) is 9.80 Å². The molecule has 9 heteroatoms. The van der Waals surface area contributed by atoms with Gasteiger partial charge in [-0.15, -0.1) is 0 Å². The minimum absolute atomic E-state index is 0.0290. The van der Waals surface area contributed by atoms with Crippen molar-refractivity contribution in [3.05, 3.63) is 71.3 Å². The van der Waals surface area contributed by atoms with Gasteiger partial charge in [-0.2, -0.15) is 0 Å². The summed E-state index contributed by atoms with van der Waals surface area (Å²) in [6.07, 6.45) is 3.58. The number of urea groups is 1. The SMILES string of the molecule is [B]C([B])Oc1cc(N2CCN(CCc3ccccc3)C2=O)ccc1CN1CCC=C([C@](C)(O)CO)C1. The zero-order valence-electron chi connectivity index (χ0n) is 20.8. The van der Waals surface area contributed by atoms with Gasteiger partial charge in [-0.3, -0.25) is 9.80 Å². The van der Waals surface area contributed by atoms with Crippen LogP contribution in [0.2, 0.25) is 0 Å². The highest BCUT2D eigenvalue weighted by Crippen LogP contribution is 2.31. The van der Waals surface area contributed by atoms with Crippen LogP contribution >= 0.6 is 0 Å². The van der Waals surface area contributed by atoms with Gasteiger partial charge >= 0.3 is 6.03 Å². The Morgan fingerprint density at radius 2 is 1.89 bits per heavy atom. The summed E-state index contributed by atoms with van der Waals surface area (Å²) in [5.74, 6) is -0.467. The number of nitrogens with zero attached hydrogens (tertiary/aromatic N) is 3. The van der Waals surface area contributed by atoms with Crippen LogP contribution in [0.4, 0.5) is 10.5 Å². The molecule has 0 unspecified atom stereocenters. The van der Waals surface area contributed by atoms with Gasteiger partial charge in [-0.05, 0) is 37.0 Å². The van der Waals surface area contributed by atoms with Gasteiger partial charge in [0, 0.05) is 62.5 Å². The highest BCUT2D eigenvalue weighted by atomic mass is 16.5. The van der Waals surface area contributed by atoms with Gasteiger partial charge < -0.3 is 19.8 Å². The minimum atomic E-state index is -1.25. The highest BCUT2D eigenvalue weighted by molar-refractivity contribution is 6.34. The molecule has 36 heavy (non-hydrogen) atoms. The first-order valence-electron chi connectivity index (χ1n) is 12.4. The molecule has 186 valence electrons. The van der Waals surface area contributed by atoms with Crippen molar-refractivity contribution in [2.75, 3.05) is 44.2 Å². The van der Waals surface area contributed by atoms with Crippen molar-refractivity contribution >= 4 is 27.4 Å². The summed E-state index contributed by atoms with van der Waals surface area (Å²) < 4.78 is 5.74. The lowest BCUT2D eigenvalue weighted by molar-refractivity contribution is 0.0247. The molecule has 7 nitrogen and oxygen atoms in total. The van der Waals surface area contributed by atoms with Crippen LogP contribution in [0, 0.1) is 0 Å². The van der Waals surface area contributed by atoms with Gasteiger partial charge in [-0.1, -0.05) is 42.5 Å². The van der Waals surface area contributed by atoms with Gasteiger partial charge in [0.05, 0.1) is 6.61 Å². The van der Waals surface area contributed by atoms with Crippen LogP contribution in [0.15, 0.2) is 60.2 Å². The number of benzene rings is 2. The Kier molecular flexibility index (Phi) is 8.44. The molecular formula is C27H33B2N3O4.